The van der Waals surface area contributed by atoms with Crippen molar-refractivity contribution < 1.29 is 27.5 Å². The van der Waals surface area contributed by atoms with Crippen LogP contribution in [0.15, 0.2) is 16.5 Å². The summed E-state index contributed by atoms with van der Waals surface area (Å²) in [5.74, 6) is -6.41. The molecule has 1 heterocycles. The third-order valence-corrected chi connectivity index (χ3v) is 2.46. The number of aryl methyl sites for hydroxylation is 1. The maximum Gasteiger partial charge on any atom is 0.373 e. The second-order valence-electron chi connectivity index (χ2n) is 3.71. The molecule has 19 heavy (non-hydrogen) atoms. The van der Waals surface area contributed by atoms with E-state index in [2.05, 4.69) is 4.98 Å². The van der Waals surface area contributed by atoms with Gasteiger partial charge in [0.05, 0.1) is 5.69 Å². The van der Waals surface area contributed by atoms with E-state index in [1.165, 1.54) is 0 Å². The van der Waals surface area contributed by atoms with Crippen LogP contribution in [-0.4, -0.2) is 16.1 Å². The molecule has 0 saturated heterocycles. The van der Waals surface area contributed by atoms with Crippen molar-refractivity contribution in [3.8, 4) is 11.5 Å². The summed E-state index contributed by atoms with van der Waals surface area (Å²) in [4.78, 5) is 14.7. The largest absolute Gasteiger partial charge is 0.475 e. The van der Waals surface area contributed by atoms with E-state index in [9.17, 15) is 18.0 Å². The molecule has 0 aliphatic carbocycles. The molecule has 1 aromatic heterocycles. The Morgan fingerprint density at radius 1 is 1.32 bits per heavy atom. The molecular formula is C12H8F3NO3. The van der Waals surface area contributed by atoms with Crippen LogP contribution in [-0.2, 0) is 6.42 Å². The number of hydrogen-bond donors (Lipinski definition) is 1. The number of rotatable bonds is 3. The van der Waals surface area contributed by atoms with Crippen molar-refractivity contribution in [1.29, 1.82) is 0 Å². The molecule has 0 aliphatic rings. The van der Waals surface area contributed by atoms with Crippen LogP contribution in [0, 0.1) is 17.5 Å². The van der Waals surface area contributed by atoms with E-state index in [4.69, 9.17) is 9.52 Å². The highest BCUT2D eigenvalue weighted by Crippen LogP contribution is 2.25. The number of nitrogens with zero attached hydrogens (tertiary/aromatic N) is 1. The number of halogens is 3. The van der Waals surface area contributed by atoms with E-state index < -0.39 is 29.2 Å². The Kier molecular flexibility index (Phi) is 3.28. The summed E-state index contributed by atoms with van der Waals surface area (Å²) in [7, 11) is 0. The van der Waals surface area contributed by atoms with Crippen LogP contribution >= 0.6 is 0 Å². The smallest absolute Gasteiger partial charge is 0.373 e. The molecule has 1 N–H and O–H groups in total. The van der Waals surface area contributed by atoms with Gasteiger partial charge in [0, 0.05) is 5.56 Å². The van der Waals surface area contributed by atoms with E-state index in [-0.39, 0.29) is 23.6 Å². The molecular weight excluding hydrogens is 263 g/mol. The van der Waals surface area contributed by atoms with Crippen molar-refractivity contribution in [1.82, 2.24) is 4.98 Å². The zero-order valence-electron chi connectivity index (χ0n) is 9.71. The predicted octanol–water partition coefficient (Wildman–Crippen LogP) is 3.02. The molecule has 2 aromatic rings. The molecule has 100 valence electrons. The summed E-state index contributed by atoms with van der Waals surface area (Å²) in [6.07, 6.45) is 0.275. The molecule has 2 rings (SSSR count). The van der Waals surface area contributed by atoms with Crippen molar-refractivity contribution in [2.75, 3.05) is 0 Å². The second-order valence-corrected chi connectivity index (χ2v) is 3.71. The molecule has 0 bridgehead atoms. The van der Waals surface area contributed by atoms with Crippen LogP contribution in [0.2, 0.25) is 0 Å². The van der Waals surface area contributed by atoms with Gasteiger partial charge in [-0.05, 0) is 18.6 Å². The molecule has 0 atom stereocenters. The van der Waals surface area contributed by atoms with E-state index in [0.29, 0.717) is 12.1 Å². The predicted molar refractivity (Wildman–Crippen MR) is 58.2 cm³/mol. The van der Waals surface area contributed by atoms with Crippen molar-refractivity contribution in [2.45, 2.75) is 13.3 Å². The maximum atomic E-state index is 13.1. The van der Waals surface area contributed by atoms with E-state index in [1.54, 1.807) is 6.92 Å². The van der Waals surface area contributed by atoms with Crippen LogP contribution in [0.1, 0.15) is 23.2 Å². The SMILES string of the molecule is CCc1nc(-c2cc(F)c(F)c(F)c2)oc1C(=O)O. The number of hydrogen-bond acceptors (Lipinski definition) is 3. The van der Waals surface area contributed by atoms with Crippen molar-refractivity contribution in [3.05, 3.63) is 41.0 Å². The Labute approximate surface area is 105 Å². The lowest BCUT2D eigenvalue weighted by Gasteiger charge is -1.98. The Morgan fingerprint density at radius 3 is 2.32 bits per heavy atom. The van der Waals surface area contributed by atoms with Gasteiger partial charge in [0.2, 0.25) is 11.7 Å². The van der Waals surface area contributed by atoms with Crippen molar-refractivity contribution >= 4 is 5.97 Å². The molecule has 0 radical (unpaired) electrons. The van der Waals surface area contributed by atoms with Crippen LogP contribution in [0.3, 0.4) is 0 Å². The summed E-state index contributed by atoms with van der Waals surface area (Å²) < 4.78 is 43.9. The Balaban J connectivity index is 2.56. The van der Waals surface area contributed by atoms with Gasteiger partial charge in [0.1, 0.15) is 0 Å². The molecule has 0 saturated carbocycles. The zero-order valence-corrected chi connectivity index (χ0v) is 9.71. The summed E-state index contributed by atoms with van der Waals surface area (Å²) in [5, 5.41) is 8.87. The fraction of sp³-hybridized carbons (Fsp3) is 0.167. The topological polar surface area (TPSA) is 63.3 Å². The average Bonchev–Trinajstić information content (AvgIpc) is 2.79. The van der Waals surface area contributed by atoms with Gasteiger partial charge >= 0.3 is 5.97 Å². The number of carboxylic acid groups (broad SMARTS) is 1. The monoisotopic (exact) mass is 271 g/mol. The molecule has 0 amide bonds. The number of aromatic nitrogens is 1. The van der Waals surface area contributed by atoms with Crippen LogP contribution in [0.5, 0.6) is 0 Å². The summed E-state index contributed by atoms with van der Waals surface area (Å²) in [6, 6.07) is 1.38. The van der Waals surface area contributed by atoms with Gasteiger partial charge in [-0.1, -0.05) is 6.92 Å². The maximum absolute atomic E-state index is 13.1. The lowest BCUT2D eigenvalue weighted by Crippen LogP contribution is -1.98. The van der Waals surface area contributed by atoms with Crippen LogP contribution in [0.25, 0.3) is 11.5 Å². The minimum atomic E-state index is -1.61. The van der Waals surface area contributed by atoms with Crippen LogP contribution < -0.4 is 0 Å². The molecule has 7 heteroatoms. The van der Waals surface area contributed by atoms with Crippen LogP contribution in [0.4, 0.5) is 13.2 Å². The standard InChI is InChI=1S/C12H8F3NO3/c1-2-8-10(12(17)18)19-11(16-8)5-3-6(13)9(15)7(14)4-5/h3-4H,2H2,1H3,(H,17,18). The van der Waals surface area contributed by atoms with Crippen molar-refractivity contribution in [3.63, 3.8) is 0 Å². The summed E-state index contributed by atoms with van der Waals surface area (Å²) in [5.41, 5.74) is -0.0220. The van der Waals surface area contributed by atoms with Gasteiger partial charge in [-0.2, -0.15) is 0 Å². The highest BCUT2D eigenvalue weighted by atomic mass is 19.2. The number of carboxylic acids is 1. The Morgan fingerprint density at radius 2 is 1.89 bits per heavy atom. The highest BCUT2D eigenvalue weighted by Gasteiger charge is 2.21. The third kappa shape index (κ3) is 2.31. The number of carbonyl (C=O) groups is 1. The third-order valence-electron chi connectivity index (χ3n) is 2.46. The van der Waals surface area contributed by atoms with Gasteiger partial charge in [-0.15, -0.1) is 0 Å². The highest BCUT2D eigenvalue weighted by molar-refractivity contribution is 5.86. The van der Waals surface area contributed by atoms with Gasteiger partial charge < -0.3 is 9.52 Å². The van der Waals surface area contributed by atoms with E-state index in [1.807, 2.05) is 0 Å². The second kappa shape index (κ2) is 4.75. The number of oxazole rings is 1. The molecule has 0 unspecified atom stereocenters. The lowest BCUT2D eigenvalue weighted by atomic mass is 10.2. The minimum Gasteiger partial charge on any atom is -0.475 e. The minimum absolute atomic E-state index is 0.146. The normalized spacial score (nSPS) is 10.7. The Hall–Kier alpha value is -2.31. The average molecular weight is 271 g/mol. The van der Waals surface area contributed by atoms with Crippen molar-refractivity contribution in [2.24, 2.45) is 0 Å². The van der Waals surface area contributed by atoms with Gasteiger partial charge in [-0.3, -0.25) is 0 Å². The first-order chi connectivity index (χ1) is 8.93. The first kappa shape index (κ1) is 13.1. The fourth-order valence-electron chi connectivity index (χ4n) is 1.56. The molecule has 0 spiro atoms. The van der Waals surface area contributed by atoms with Gasteiger partial charge in [-0.25, -0.2) is 22.9 Å². The molecule has 4 nitrogen and oxygen atoms in total. The quantitative estimate of drug-likeness (QED) is 0.871. The molecule has 1 aromatic carbocycles. The first-order valence-corrected chi connectivity index (χ1v) is 5.32. The van der Waals surface area contributed by atoms with Gasteiger partial charge in [0.25, 0.3) is 0 Å². The molecule has 0 aliphatic heterocycles. The van der Waals surface area contributed by atoms with E-state index in [0.717, 1.165) is 0 Å². The number of aromatic carboxylic acids is 1. The summed E-state index contributed by atoms with van der Waals surface area (Å²) in [6.45, 7) is 1.65. The Bertz CT molecular complexity index is 629. The summed E-state index contributed by atoms with van der Waals surface area (Å²) >= 11 is 0. The van der Waals surface area contributed by atoms with Gasteiger partial charge in [0.15, 0.2) is 17.5 Å². The fourth-order valence-corrected chi connectivity index (χ4v) is 1.56. The first-order valence-electron chi connectivity index (χ1n) is 5.32. The lowest BCUT2D eigenvalue weighted by molar-refractivity contribution is 0.0662. The zero-order chi connectivity index (χ0) is 14.2. The number of benzene rings is 1. The molecule has 0 fully saturated rings. The van der Waals surface area contributed by atoms with E-state index >= 15 is 0 Å².